The number of rotatable bonds is 17. The van der Waals surface area contributed by atoms with Crippen molar-refractivity contribution in [1.82, 2.24) is 25.9 Å². The third kappa shape index (κ3) is 11.2. The molecule has 0 aliphatic carbocycles. The van der Waals surface area contributed by atoms with Gasteiger partial charge in [-0.05, 0) is 18.8 Å². The van der Waals surface area contributed by atoms with E-state index in [9.17, 15) is 34.2 Å². The number of nitrogens with two attached hydrogens (primary N) is 3. The first-order chi connectivity index (χ1) is 17.8. The number of aromatic amines is 1. The third-order valence-electron chi connectivity index (χ3n) is 5.70. The maximum Gasteiger partial charge on any atom is 0.326 e. The summed E-state index contributed by atoms with van der Waals surface area (Å²) in [6.07, 6.45) is 2.87. The van der Waals surface area contributed by atoms with Crippen molar-refractivity contribution in [1.29, 1.82) is 0 Å². The van der Waals surface area contributed by atoms with Crippen LogP contribution in [-0.2, 0) is 30.4 Å². The number of imidazole rings is 1. The van der Waals surface area contributed by atoms with Crippen LogP contribution in [0.5, 0.6) is 0 Å². The minimum Gasteiger partial charge on any atom is -0.481 e. The van der Waals surface area contributed by atoms with Crippen molar-refractivity contribution in [3.8, 4) is 0 Å². The smallest absolute Gasteiger partial charge is 0.326 e. The molecule has 1 aromatic rings. The Labute approximate surface area is 219 Å². The molecule has 0 fully saturated rings. The fourth-order valence-electron chi connectivity index (χ4n) is 3.37. The fourth-order valence-corrected chi connectivity index (χ4v) is 3.37. The molecule has 0 aliphatic heterocycles. The van der Waals surface area contributed by atoms with Crippen LogP contribution in [0.25, 0.3) is 0 Å². The van der Waals surface area contributed by atoms with Crippen LogP contribution in [0, 0.1) is 5.92 Å². The SMILES string of the molecule is CCC(C)C(NC(=O)C(N)Cc1cnc[nH]1)C(=O)NC(CC(=O)O)C(=O)NC(CCCN=C(N)N)C(=O)O. The summed E-state index contributed by atoms with van der Waals surface area (Å²) in [4.78, 5) is 72.0. The molecule has 0 saturated carbocycles. The number of nitrogens with one attached hydrogen (secondary N) is 4. The summed E-state index contributed by atoms with van der Waals surface area (Å²) in [6, 6.07) is -5.14. The summed E-state index contributed by atoms with van der Waals surface area (Å²) >= 11 is 0. The van der Waals surface area contributed by atoms with Gasteiger partial charge in [0.15, 0.2) is 5.96 Å². The van der Waals surface area contributed by atoms with E-state index in [1.807, 2.05) is 0 Å². The lowest BCUT2D eigenvalue weighted by Crippen LogP contribution is -2.59. The average molecular weight is 540 g/mol. The molecule has 0 bridgehead atoms. The normalized spacial score (nSPS) is 14.7. The molecule has 3 amide bonds. The van der Waals surface area contributed by atoms with Crippen LogP contribution in [0.15, 0.2) is 17.5 Å². The molecule has 16 heteroatoms. The highest BCUT2D eigenvalue weighted by Crippen LogP contribution is 2.10. The molecule has 5 atom stereocenters. The van der Waals surface area contributed by atoms with Crippen molar-refractivity contribution in [2.45, 2.75) is 70.1 Å². The fraction of sp³-hybridized carbons (Fsp3) is 0.591. The molecule has 12 N–H and O–H groups in total. The highest BCUT2D eigenvalue weighted by Gasteiger charge is 2.33. The van der Waals surface area contributed by atoms with E-state index in [2.05, 4.69) is 30.9 Å². The highest BCUT2D eigenvalue weighted by molar-refractivity contribution is 5.95. The number of carboxylic acid groups (broad SMARTS) is 2. The zero-order chi connectivity index (χ0) is 28.8. The molecule has 16 nitrogen and oxygen atoms in total. The Morgan fingerprint density at radius 3 is 2.24 bits per heavy atom. The maximum absolute atomic E-state index is 13.1. The lowest BCUT2D eigenvalue weighted by atomic mass is 9.97. The summed E-state index contributed by atoms with van der Waals surface area (Å²) in [5.41, 5.74) is 17.0. The van der Waals surface area contributed by atoms with Crippen LogP contribution in [-0.4, -0.2) is 86.5 Å². The van der Waals surface area contributed by atoms with E-state index in [0.29, 0.717) is 12.1 Å². The predicted molar refractivity (Wildman–Crippen MR) is 135 cm³/mol. The Morgan fingerprint density at radius 2 is 1.71 bits per heavy atom. The topological polar surface area (TPSA) is 281 Å². The first-order valence-corrected chi connectivity index (χ1v) is 12.0. The summed E-state index contributed by atoms with van der Waals surface area (Å²) in [7, 11) is 0. The summed E-state index contributed by atoms with van der Waals surface area (Å²) in [5.74, 6) is -5.81. The standard InChI is InChI=1S/C22H37N9O7/c1-3-11(2)17(31-18(34)13(23)7-12-9-26-10-28-12)20(36)30-15(8-16(32)33)19(35)29-14(21(37)38)5-4-6-27-22(24)25/h9-11,13-15,17H,3-8,23H2,1-2H3,(H,26,28)(H,29,35)(H,30,36)(H,31,34)(H,32,33)(H,37,38)(H4,24,25,27). The number of aromatic nitrogens is 2. The number of H-pyrrole nitrogens is 1. The van der Waals surface area contributed by atoms with Crippen LogP contribution in [0.2, 0.25) is 0 Å². The van der Waals surface area contributed by atoms with Crippen molar-refractivity contribution in [3.05, 3.63) is 18.2 Å². The van der Waals surface area contributed by atoms with Gasteiger partial charge in [0.1, 0.15) is 18.1 Å². The van der Waals surface area contributed by atoms with Gasteiger partial charge in [0, 0.05) is 24.9 Å². The second-order valence-electron chi connectivity index (χ2n) is 8.77. The van der Waals surface area contributed by atoms with Gasteiger partial charge in [-0.1, -0.05) is 20.3 Å². The van der Waals surface area contributed by atoms with Crippen LogP contribution < -0.4 is 33.2 Å². The Bertz CT molecular complexity index is 980. The van der Waals surface area contributed by atoms with Gasteiger partial charge in [0.2, 0.25) is 17.7 Å². The van der Waals surface area contributed by atoms with Gasteiger partial charge in [-0.2, -0.15) is 0 Å². The quantitative estimate of drug-likeness (QED) is 0.0561. The van der Waals surface area contributed by atoms with Crippen molar-refractivity contribution in [3.63, 3.8) is 0 Å². The molecule has 0 saturated heterocycles. The van der Waals surface area contributed by atoms with Crippen LogP contribution in [0.1, 0.15) is 45.2 Å². The number of carboxylic acids is 2. The molecule has 0 radical (unpaired) electrons. The lowest BCUT2D eigenvalue weighted by molar-refractivity contribution is -0.144. The number of aliphatic imine (C=N–C) groups is 1. The van der Waals surface area contributed by atoms with E-state index >= 15 is 0 Å². The first kappa shape index (κ1) is 31.8. The Morgan fingerprint density at radius 1 is 1.05 bits per heavy atom. The Balaban J connectivity index is 2.94. The molecule has 0 aliphatic rings. The predicted octanol–water partition coefficient (Wildman–Crippen LogP) is -2.61. The van der Waals surface area contributed by atoms with Crippen LogP contribution in [0.4, 0.5) is 0 Å². The first-order valence-electron chi connectivity index (χ1n) is 12.0. The van der Waals surface area contributed by atoms with Gasteiger partial charge in [0.25, 0.3) is 0 Å². The number of hydrogen-bond donors (Lipinski definition) is 9. The summed E-state index contributed by atoms with van der Waals surface area (Å²) in [5, 5.41) is 25.8. The zero-order valence-electron chi connectivity index (χ0n) is 21.3. The molecular formula is C22H37N9O7. The van der Waals surface area contributed by atoms with Gasteiger partial charge in [-0.3, -0.25) is 24.2 Å². The van der Waals surface area contributed by atoms with Gasteiger partial charge in [-0.25, -0.2) is 9.78 Å². The number of carbonyl (C=O) groups excluding carboxylic acids is 3. The third-order valence-corrected chi connectivity index (χ3v) is 5.70. The largest absolute Gasteiger partial charge is 0.481 e. The van der Waals surface area contributed by atoms with E-state index in [1.54, 1.807) is 13.8 Å². The average Bonchev–Trinajstić information content (AvgIpc) is 3.35. The van der Waals surface area contributed by atoms with Crippen molar-refractivity contribution in [2.24, 2.45) is 28.1 Å². The molecule has 1 rings (SSSR count). The van der Waals surface area contributed by atoms with Crippen LogP contribution >= 0.6 is 0 Å². The van der Waals surface area contributed by atoms with Crippen molar-refractivity contribution >= 4 is 35.6 Å². The summed E-state index contributed by atoms with van der Waals surface area (Å²) < 4.78 is 0. The molecule has 1 heterocycles. The zero-order valence-corrected chi connectivity index (χ0v) is 21.3. The number of amides is 3. The van der Waals surface area contributed by atoms with E-state index in [-0.39, 0.29) is 31.8 Å². The van der Waals surface area contributed by atoms with Crippen molar-refractivity contribution < 1.29 is 34.2 Å². The van der Waals surface area contributed by atoms with Gasteiger partial charge in [-0.15, -0.1) is 0 Å². The number of hydrogen-bond acceptors (Lipinski definition) is 8. The van der Waals surface area contributed by atoms with Gasteiger partial charge in [0.05, 0.1) is 18.8 Å². The molecule has 0 aromatic carbocycles. The van der Waals surface area contributed by atoms with Gasteiger partial charge < -0.3 is 48.3 Å². The monoisotopic (exact) mass is 539 g/mol. The number of guanidine groups is 1. The minimum atomic E-state index is -1.61. The van der Waals surface area contributed by atoms with Gasteiger partial charge >= 0.3 is 11.9 Å². The molecule has 0 spiro atoms. The Kier molecular flexibility index (Phi) is 13.2. The van der Waals surface area contributed by atoms with E-state index < -0.39 is 66.2 Å². The molecule has 38 heavy (non-hydrogen) atoms. The van der Waals surface area contributed by atoms with E-state index in [1.165, 1.54) is 12.5 Å². The highest BCUT2D eigenvalue weighted by atomic mass is 16.4. The maximum atomic E-state index is 13.1. The number of carbonyl (C=O) groups is 5. The Hall–Kier alpha value is -4.21. The molecule has 5 unspecified atom stereocenters. The second kappa shape index (κ2) is 15.8. The molecular weight excluding hydrogens is 502 g/mol. The molecule has 212 valence electrons. The lowest BCUT2D eigenvalue weighted by Gasteiger charge is -2.27. The number of nitrogens with zero attached hydrogens (tertiary/aromatic N) is 2. The summed E-state index contributed by atoms with van der Waals surface area (Å²) in [6.45, 7) is 3.59. The van der Waals surface area contributed by atoms with Crippen molar-refractivity contribution in [2.75, 3.05) is 6.54 Å². The van der Waals surface area contributed by atoms with E-state index in [4.69, 9.17) is 17.2 Å². The molecule has 1 aromatic heterocycles. The van der Waals surface area contributed by atoms with E-state index in [0.717, 1.165) is 0 Å². The second-order valence-corrected chi connectivity index (χ2v) is 8.77. The van der Waals surface area contributed by atoms with Crippen LogP contribution in [0.3, 0.4) is 0 Å². The number of aliphatic carboxylic acids is 2. The minimum absolute atomic E-state index is 0.0502.